The molecule has 4 N–H and O–H groups in total. The Hall–Kier alpha value is -1.78. The summed E-state index contributed by atoms with van der Waals surface area (Å²) in [6.07, 6.45) is 7.23. The molecule has 0 bridgehead atoms. The third kappa shape index (κ3) is 2.55. The number of nitrogens with one attached hydrogen (secondary N) is 1. The first-order valence-corrected chi connectivity index (χ1v) is 6.28. The van der Waals surface area contributed by atoms with Crippen molar-refractivity contribution in [1.29, 1.82) is 0 Å². The van der Waals surface area contributed by atoms with E-state index in [-0.39, 0.29) is 16.8 Å². The predicted molar refractivity (Wildman–Crippen MR) is 70.7 cm³/mol. The Balaban J connectivity index is 2.23. The van der Waals surface area contributed by atoms with Crippen LogP contribution in [0.25, 0.3) is 0 Å². The van der Waals surface area contributed by atoms with Crippen molar-refractivity contribution in [2.75, 3.05) is 11.1 Å². The topological polar surface area (TPSA) is 88.2 Å². The molecule has 0 atom stereocenters. The van der Waals surface area contributed by atoms with Crippen LogP contribution in [0.3, 0.4) is 0 Å². The molecule has 98 valence electrons. The fourth-order valence-electron chi connectivity index (χ4n) is 2.50. The zero-order valence-corrected chi connectivity index (χ0v) is 10.6. The van der Waals surface area contributed by atoms with E-state index in [0.717, 1.165) is 12.8 Å². The van der Waals surface area contributed by atoms with Crippen molar-refractivity contribution in [1.82, 2.24) is 4.98 Å². The van der Waals surface area contributed by atoms with Crippen LogP contribution in [0.4, 0.5) is 11.5 Å². The summed E-state index contributed by atoms with van der Waals surface area (Å²) in [6, 6.07) is 1.42. The van der Waals surface area contributed by atoms with Gasteiger partial charge in [-0.3, -0.25) is 0 Å². The van der Waals surface area contributed by atoms with Gasteiger partial charge >= 0.3 is 5.97 Å². The molecule has 1 saturated carbocycles. The summed E-state index contributed by atoms with van der Waals surface area (Å²) >= 11 is 0. The average Bonchev–Trinajstić information content (AvgIpc) is 2.32. The van der Waals surface area contributed by atoms with Gasteiger partial charge in [-0.25, -0.2) is 9.78 Å². The third-order valence-electron chi connectivity index (χ3n) is 3.60. The van der Waals surface area contributed by atoms with Crippen molar-refractivity contribution in [3.05, 3.63) is 17.8 Å². The zero-order chi connectivity index (χ0) is 13.2. The van der Waals surface area contributed by atoms with E-state index in [1.165, 1.54) is 31.5 Å². The standard InChI is InChI=1S/C13H19N3O2/c1-13(6-3-2-4-7-13)16-11-10(14)9(12(17)18)5-8-15-11/h5,8H,2-4,6-7,14H2,1H3,(H,15,16)(H,17,18). The number of nitrogens with two attached hydrogens (primary N) is 1. The highest BCUT2D eigenvalue weighted by atomic mass is 16.4. The van der Waals surface area contributed by atoms with Gasteiger partial charge in [-0.05, 0) is 25.8 Å². The Labute approximate surface area is 106 Å². The minimum absolute atomic E-state index is 0.0313. The smallest absolute Gasteiger partial charge is 0.337 e. The van der Waals surface area contributed by atoms with E-state index in [2.05, 4.69) is 17.2 Å². The van der Waals surface area contributed by atoms with E-state index in [0.29, 0.717) is 5.82 Å². The van der Waals surface area contributed by atoms with Crippen LogP contribution in [0, 0.1) is 0 Å². The fraction of sp³-hybridized carbons (Fsp3) is 0.538. The maximum absolute atomic E-state index is 11.0. The number of carboxylic acids is 1. The molecule has 1 fully saturated rings. The van der Waals surface area contributed by atoms with Crippen molar-refractivity contribution in [3.8, 4) is 0 Å². The summed E-state index contributed by atoms with van der Waals surface area (Å²) in [6.45, 7) is 2.14. The second-order valence-electron chi connectivity index (χ2n) is 5.17. The van der Waals surface area contributed by atoms with Gasteiger partial charge in [0.15, 0.2) is 0 Å². The Kier molecular flexibility index (Phi) is 3.41. The Morgan fingerprint density at radius 3 is 2.72 bits per heavy atom. The van der Waals surface area contributed by atoms with Gasteiger partial charge in [0.25, 0.3) is 0 Å². The molecule has 1 heterocycles. The van der Waals surface area contributed by atoms with Crippen molar-refractivity contribution in [3.63, 3.8) is 0 Å². The van der Waals surface area contributed by atoms with E-state index >= 15 is 0 Å². The molecular formula is C13H19N3O2. The van der Waals surface area contributed by atoms with E-state index in [4.69, 9.17) is 10.8 Å². The van der Waals surface area contributed by atoms with Crippen molar-refractivity contribution >= 4 is 17.5 Å². The largest absolute Gasteiger partial charge is 0.478 e. The second kappa shape index (κ2) is 4.84. The number of rotatable bonds is 3. The lowest BCUT2D eigenvalue weighted by Crippen LogP contribution is -2.37. The van der Waals surface area contributed by atoms with Crippen molar-refractivity contribution in [2.24, 2.45) is 0 Å². The first-order valence-electron chi connectivity index (χ1n) is 6.28. The summed E-state index contributed by atoms with van der Waals surface area (Å²) < 4.78 is 0. The summed E-state index contributed by atoms with van der Waals surface area (Å²) in [5, 5.41) is 12.3. The molecule has 1 aromatic heterocycles. The van der Waals surface area contributed by atoms with Crippen LogP contribution in [-0.2, 0) is 0 Å². The number of aromatic nitrogens is 1. The Morgan fingerprint density at radius 1 is 1.44 bits per heavy atom. The van der Waals surface area contributed by atoms with E-state index in [1.807, 2.05) is 0 Å². The molecule has 0 spiro atoms. The van der Waals surface area contributed by atoms with Gasteiger partial charge in [0, 0.05) is 11.7 Å². The normalized spacial score (nSPS) is 18.3. The van der Waals surface area contributed by atoms with Gasteiger partial charge < -0.3 is 16.2 Å². The molecule has 0 radical (unpaired) electrons. The molecular weight excluding hydrogens is 230 g/mol. The molecule has 18 heavy (non-hydrogen) atoms. The van der Waals surface area contributed by atoms with E-state index in [1.54, 1.807) is 0 Å². The fourth-order valence-corrected chi connectivity index (χ4v) is 2.50. The minimum Gasteiger partial charge on any atom is -0.478 e. The Morgan fingerprint density at radius 2 is 2.11 bits per heavy atom. The molecule has 5 heteroatoms. The van der Waals surface area contributed by atoms with Crippen LogP contribution in [0.2, 0.25) is 0 Å². The Bertz CT molecular complexity index is 454. The second-order valence-corrected chi connectivity index (χ2v) is 5.17. The molecule has 1 aliphatic rings. The monoisotopic (exact) mass is 249 g/mol. The summed E-state index contributed by atoms with van der Waals surface area (Å²) in [7, 11) is 0. The van der Waals surface area contributed by atoms with E-state index in [9.17, 15) is 4.79 Å². The van der Waals surface area contributed by atoms with Gasteiger partial charge in [-0.2, -0.15) is 0 Å². The van der Waals surface area contributed by atoms with Crippen LogP contribution in [-0.4, -0.2) is 21.6 Å². The summed E-state index contributed by atoms with van der Waals surface area (Å²) in [5.41, 5.74) is 6.15. The van der Waals surface area contributed by atoms with Gasteiger partial charge in [-0.1, -0.05) is 19.3 Å². The van der Waals surface area contributed by atoms with Crippen LogP contribution in [0.15, 0.2) is 12.3 Å². The number of pyridine rings is 1. The molecule has 0 aromatic carbocycles. The number of aromatic carboxylic acids is 1. The van der Waals surface area contributed by atoms with Gasteiger partial charge in [0.05, 0.1) is 11.3 Å². The highest BCUT2D eigenvalue weighted by Crippen LogP contribution is 2.32. The maximum atomic E-state index is 11.0. The van der Waals surface area contributed by atoms with Crippen LogP contribution in [0.1, 0.15) is 49.4 Å². The predicted octanol–water partition coefficient (Wildman–Crippen LogP) is 2.50. The average molecular weight is 249 g/mol. The third-order valence-corrected chi connectivity index (χ3v) is 3.60. The SMILES string of the molecule is CC1(Nc2nccc(C(=O)O)c2N)CCCCC1. The molecule has 2 rings (SSSR count). The first-order chi connectivity index (χ1) is 8.52. The lowest BCUT2D eigenvalue weighted by Gasteiger charge is -2.35. The zero-order valence-electron chi connectivity index (χ0n) is 10.6. The molecule has 1 aliphatic carbocycles. The number of anilines is 2. The van der Waals surface area contributed by atoms with Crippen LogP contribution < -0.4 is 11.1 Å². The molecule has 1 aromatic rings. The van der Waals surface area contributed by atoms with E-state index < -0.39 is 5.97 Å². The number of carboxylic acid groups (broad SMARTS) is 1. The number of carbonyl (C=O) groups is 1. The highest BCUT2D eigenvalue weighted by molar-refractivity contribution is 5.96. The number of hydrogen-bond donors (Lipinski definition) is 3. The quantitative estimate of drug-likeness (QED) is 0.766. The van der Waals surface area contributed by atoms with Crippen LogP contribution >= 0.6 is 0 Å². The minimum atomic E-state index is -1.02. The van der Waals surface area contributed by atoms with Gasteiger partial charge in [0.1, 0.15) is 5.82 Å². The lowest BCUT2D eigenvalue weighted by atomic mass is 9.83. The maximum Gasteiger partial charge on any atom is 0.337 e. The summed E-state index contributed by atoms with van der Waals surface area (Å²) in [5.74, 6) is -0.536. The van der Waals surface area contributed by atoms with Crippen LogP contribution in [0.5, 0.6) is 0 Å². The summed E-state index contributed by atoms with van der Waals surface area (Å²) in [4.78, 5) is 15.2. The number of nitrogen functional groups attached to an aromatic ring is 1. The lowest BCUT2D eigenvalue weighted by molar-refractivity contribution is 0.0698. The van der Waals surface area contributed by atoms with Gasteiger partial charge in [-0.15, -0.1) is 0 Å². The molecule has 5 nitrogen and oxygen atoms in total. The molecule has 0 amide bonds. The highest BCUT2D eigenvalue weighted by Gasteiger charge is 2.28. The van der Waals surface area contributed by atoms with Crippen molar-refractivity contribution in [2.45, 2.75) is 44.6 Å². The first kappa shape index (κ1) is 12.7. The van der Waals surface area contributed by atoms with Gasteiger partial charge in [0.2, 0.25) is 0 Å². The molecule has 0 aliphatic heterocycles. The molecule has 0 saturated heterocycles. The number of hydrogen-bond acceptors (Lipinski definition) is 4. The molecule has 0 unspecified atom stereocenters. The van der Waals surface area contributed by atoms with Crippen molar-refractivity contribution < 1.29 is 9.90 Å². The number of nitrogens with zero attached hydrogens (tertiary/aromatic N) is 1.